The molecule has 0 N–H and O–H groups in total. The van der Waals surface area contributed by atoms with E-state index in [-0.39, 0.29) is 0 Å². The van der Waals surface area contributed by atoms with Gasteiger partial charge in [-0.2, -0.15) is 0 Å². The SMILES string of the molecule is c1ccc(-c2ccc(-c3cc(-c4ccccc4)nc(-c4ccc(-c5cc6c7ccccc7c7c(c8ccccc8n7-c7ccccc7)c6c6ccccc56)cc4)n3)cc2)cc1.c1ccc(-c2ccc(-c3nc(-c4ccccc4)cc(-c4ccc(-c5cc6c7ccccc7c7c(c8ccccc8n7-c7ccccc7)c6c6ccccc56)cc4)n3)cc2)cc1. The van der Waals surface area contributed by atoms with Gasteiger partial charge in [-0.3, -0.25) is 0 Å². The van der Waals surface area contributed by atoms with Crippen LogP contribution >= 0.6 is 0 Å². The van der Waals surface area contributed by atoms with Gasteiger partial charge in [0.1, 0.15) is 0 Å². The third-order valence-corrected chi connectivity index (χ3v) is 24.4. The quantitative estimate of drug-likeness (QED) is 0.114. The molecule has 0 bridgehead atoms. The molecule has 6 nitrogen and oxygen atoms in total. The zero-order valence-corrected chi connectivity index (χ0v) is 66.4. The van der Waals surface area contributed by atoms with E-state index in [2.05, 4.69) is 434 Å². The van der Waals surface area contributed by atoms with Gasteiger partial charge in [0.25, 0.3) is 0 Å². The molecule has 568 valence electrons. The molecule has 0 amide bonds. The number of hydrogen-bond donors (Lipinski definition) is 0. The van der Waals surface area contributed by atoms with Crippen LogP contribution in [0.15, 0.2) is 449 Å². The monoisotopic (exact) mass is 1550 g/mol. The van der Waals surface area contributed by atoms with Crippen molar-refractivity contribution in [1.82, 2.24) is 29.1 Å². The van der Waals surface area contributed by atoms with E-state index in [1.165, 1.54) is 136 Å². The van der Waals surface area contributed by atoms with Crippen molar-refractivity contribution < 1.29 is 0 Å². The van der Waals surface area contributed by atoms with E-state index in [1.54, 1.807) is 0 Å². The fourth-order valence-corrected chi connectivity index (χ4v) is 18.7. The average Bonchev–Trinajstić information content (AvgIpc) is 1.41. The van der Waals surface area contributed by atoms with Crippen molar-refractivity contribution in [1.29, 1.82) is 0 Å². The van der Waals surface area contributed by atoms with E-state index in [4.69, 9.17) is 19.9 Å². The van der Waals surface area contributed by atoms with E-state index >= 15 is 0 Å². The van der Waals surface area contributed by atoms with Crippen LogP contribution in [0.5, 0.6) is 0 Å². The van der Waals surface area contributed by atoms with Gasteiger partial charge in [-0.1, -0.05) is 388 Å². The third-order valence-electron chi connectivity index (χ3n) is 24.4. The van der Waals surface area contributed by atoms with Gasteiger partial charge < -0.3 is 9.13 Å². The number of para-hydroxylation sites is 4. The highest BCUT2D eigenvalue weighted by Gasteiger charge is 2.26. The number of aromatic nitrogens is 6. The molecule has 0 saturated carbocycles. The molecule has 4 heterocycles. The van der Waals surface area contributed by atoms with Crippen molar-refractivity contribution in [3.63, 3.8) is 0 Å². The molecule has 122 heavy (non-hydrogen) atoms. The molecule has 0 radical (unpaired) electrons. The molecule has 0 saturated heterocycles. The molecule has 0 unspecified atom stereocenters. The maximum absolute atomic E-state index is 5.19. The maximum atomic E-state index is 5.19. The van der Waals surface area contributed by atoms with Gasteiger partial charge in [-0.05, 0) is 148 Å². The molecule has 20 aromatic carbocycles. The molecule has 24 rings (SSSR count). The highest BCUT2D eigenvalue weighted by molar-refractivity contribution is 6.40. The molecule has 24 aromatic rings. The minimum atomic E-state index is 0.696. The van der Waals surface area contributed by atoms with Gasteiger partial charge in [-0.25, -0.2) is 19.9 Å². The average molecular weight is 1550 g/mol. The highest BCUT2D eigenvalue weighted by atomic mass is 15.0. The smallest absolute Gasteiger partial charge is 0.160 e. The molecule has 0 aliphatic rings. The topological polar surface area (TPSA) is 61.4 Å². The molecular weight excluding hydrogens is 1480 g/mol. The largest absolute Gasteiger partial charge is 0.309 e. The van der Waals surface area contributed by atoms with Crippen LogP contribution in [0, 0.1) is 0 Å². The Morgan fingerprint density at radius 2 is 0.385 bits per heavy atom. The Bertz CT molecular complexity index is 7670. The molecule has 4 aromatic heterocycles. The predicted octanol–water partition coefficient (Wildman–Crippen LogP) is 30.7. The van der Waals surface area contributed by atoms with Crippen LogP contribution in [-0.4, -0.2) is 29.1 Å². The Kier molecular flexibility index (Phi) is 17.5. The second kappa shape index (κ2) is 30.0. The predicted molar refractivity (Wildman–Crippen MR) is 512 cm³/mol. The summed E-state index contributed by atoms with van der Waals surface area (Å²) in [5.41, 5.74) is 26.3. The zero-order chi connectivity index (χ0) is 80.6. The Hall–Kier alpha value is -16.3. The van der Waals surface area contributed by atoms with Crippen molar-refractivity contribution in [2.45, 2.75) is 0 Å². The number of fused-ring (bicyclic) bond motifs is 20. The summed E-state index contributed by atoms with van der Waals surface area (Å²) in [6, 6.07) is 161. The number of hydrogen-bond acceptors (Lipinski definition) is 4. The summed E-state index contributed by atoms with van der Waals surface area (Å²) in [5.74, 6) is 1.40. The summed E-state index contributed by atoms with van der Waals surface area (Å²) in [6.07, 6.45) is 0. The number of benzene rings is 20. The van der Waals surface area contributed by atoms with E-state index in [0.717, 1.165) is 84.2 Å². The van der Waals surface area contributed by atoms with Crippen molar-refractivity contribution in [3.8, 4) is 124 Å². The van der Waals surface area contributed by atoms with Gasteiger partial charge in [0.15, 0.2) is 11.6 Å². The molecular formula is C116H74N6. The lowest BCUT2D eigenvalue weighted by molar-refractivity contribution is 1.18. The van der Waals surface area contributed by atoms with E-state index < -0.39 is 0 Å². The highest BCUT2D eigenvalue weighted by Crippen LogP contribution is 2.50. The first-order valence-electron chi connectivity index (χ1n) is 41.7. The van der Waals surface area contributed by atoms with E-state index in [9.17, 15) is 0 Å². The van der Waals surface area contributed by atoms with Crippen molar-refractivity contribution in [3.05, 3.63) is 449 Å². The Labute approximate surface area is 705 Å². The molecule has 0 atom stereocenters. The minimum Gasteiger partial charge on any atom is -0.309 e. The molecule has 0 aliphatic carbocycles. The van der Waals surface area contributed by atoms with Crippen molar-refractivity contribution in [2.24, 2.45) is 0 Å². The van der Waals surface area contributed by atoms with Crippen LogP contribution < -0.4 is 0 Å². The Morgan fingerprint density at radius 3 is 0.730 bits per heavy atom. The van der Waals surface area contributed by atoms with Gasteiger partial charge in [0.05, 0.1) is 44.8 Å². The summed E-state index contributed by atoms with van der Waals surface area (Å²) in [7, 11) is 0. The van der Waals surface area contributed by atoms with Gasteiger partial charge >= 0.3 is 0 Å². The Balaban J connectivity index is 0.000000142. The summed E-state index contributed by atoms with van der Waals surface area (Å²) in [6.45, 7) is 0. The van der Waals surface area contributed by atoms with Crippen LogP contribution in [0.4, 0.5) is 0 Å². The first-order valence-corrected chi connectivity index (χ1v) is 41.7. The lowest BCUT2D eigenvalue weighted by Gasteiger charge is -2.16. The molecule has 0 spiro atoms. The first-order chi connectivity index (χ1) is 60.5. The minimum absolute atomic E-state index is 0.696. The number of nitrogens with zero attached hydrogens (tertiary/aromatic N) is 6. The molecule has 0 aliphatic heterocycles. The molecule has 0 fully saturated rings. The first kappa shape index (κ1) is 71.1. The van der Waals surface area contributed by atoms with Gasteiger partial charge in [0, 0.05) is 87.8 Å². The van der Waals surface area contributed by atoms with Crippen molar-refractivity contribution >= 4 is 108 Å². The van der Waals surface area contributed by atoms with Crippen LogP contribution in [0.1, 0.15) is 0 Å². The zero-order valence-electron chi connectivity index (χ0n) is 66.4. The standard InChI is InChI=1S/2C58H37N3/c1-4-16-38(17-5-1)39-28-34-43(35-29-39)58-59-52(41-18-6-2-7-19-41)37-53(60-58)42-32-30-40(31-33-42)50-36-51-46-23-11-13-25-48(46)57-56(55(51)47-24-12-10-22-45(47)50)49-26-14-15-27-54(49)61(57)44-20-8-3-9-21-44;1-4-16-38(17-5-1)39-28-32-42(33-29-39)53-37-52(41-18-6-2-7-19-41)59-58(60-53)43-34-30-40(31-35-43)50-36-51-46-23-11-13-25-48(46)57-56(55(51)47-24-12-10-22-45(47)50)49-26-14-15-27-54(49)61(57)44-20-8-3-9-21-44/h2*1-37H. The normalized spacial score (nSPS) is 11.6. The van der Waals surface area contributed by atoms with E-state index in [1.807, 2.05) is 24.3 Å². The maximum Gasteiger partial charge on any atom is 0.160 e. The second-order valence-electron chi connectivity index (χ2n) is 31.4. The summed E-state index contributed by atoms with van der Waals surface area (Å²) in [5, 5.41) is 20.1. The van der Waals surface area contributed by atoms with Crippen LogP contribution in [0.3, 0.4) is 0 Å². The van der Waals surface area contributed by atoms with Crippen molar-refractivity contribution in [2.75, 3.05) is 0 Å². The fourth-order valence-electron chi connectivity index (χ4n) is 18.7. The fraction of sp³-hybridized carbons (Fsp3) is 0. The molecule has 6 heteroatoms. The Morgan fingerprint density at radius 1 is 0.148 bits per heavy atom. The third kappa shape index (κ3) is 12.3. The van der Waals surface area contributed by atoms with Crippen LogP contribution in [0.2, 0.25) is 0 Å². The lowest BCUT2D eigenvalue weighted by atomic mass is 9.88. The van der Waals surface area contributed by atoms with Crippen LogP contribution in [-0.2, 0) is 0 Å². The summed E-state index contributed by atoms with van der Waals surface area (Å²) >= 11 is 0. The summed E-state index contributed by atoms with van der Waals surface area (Å²) < 4.78 is 4.91. The van der Waals surface area contributed by atoms with Gasteiger partial charge in [-0.15, -0.1) is 0 Å². The van der Waals surface area contributed by atoms with E-state index in [0.29, 0.717) is 11.6 Å². The second-order valence-corrected chi connectivity index (χ2v) is 31.4. The summed E-state index contributed by atoms with van der Waals surface area (Å²) in [4.78, 5) is 20.6. The van der Waals surface area contributed by atoms with Crippen LogP contribution in [0.25, 0.3) is 232 Å². The lowest BCUT2D eigenvalue weighted by Crippen LogP contribution is -1.96. The van der Waals surface area contributed by atoms with Gasteiger partial charge in [0.2, 0.25) is 0 Å². The number of rotatable bonds is 12.